The smallest absolute Gasteiger partial charge is 0.324 e. The number of rotatable bonds is 4. The number of carbonyl (C=O) groups is 3. The zero-order chi connectivity index (χ0) is 17.6. The lowest BCUT2D eigenvalue weighted by Gasteiger charge is -2.21. The van der Waals surface area contributed by atoms with E-state index in [4.69, 9.17) is 0 Å². The van der Waals surface area contributed by atoms with E-state index in [0.717, 1.165) is 40.1 Å². The molecule has 6 heteroatoms. The van der Waals surface area contributed by atoms with Gasteiger partial charge in [-0.2, -0.15) is 0 Å². The van der Waals surface area contributed by atoms with Gasteiger partial charge in [-0.1, -0.05) is 17.7 Å². The molecular weight excluding hydrogens is 306 g/mol. The number of nitrogens with one attached hydrogen (secondary N) is 2. The van der Waals surface area contributed by atoms with Gasteiger partial charge in [0.2, 0.25) is 5.91 Å². The van der Waals surface area contributed by atoms with Crippen molar-refractivity contribution in [1.82, 2.24) is 10.2 Å². The molecule has 24 heavy (non-hydrogen) atoms. The maximum atomic E-state index is 12.5. The monoisotopic (exact) mass is 329 g/mol. The van der Waals surface area contributed by atoms with Crippen molar-refractivity contribution in [3.8, 4) is 0 Å². The molecule has 4 amide bonds. The molecule has 2 N–H and O–H groups in total. The number of hydrogen-bond donors (Lipinski definition) is 2. The molecule has 6 nitrogen and oxygen atoms in total. The molecule has 0 spiro atoms. The maximum absolute atomic E-state index is 12.5. The second-order valence-corrected chi connectivity index (χ2v) is 7.12. The topological polar surface area (TPSA) is 78.5 Å². The summed E-state index contributed by atoms with van der Waals surface area (Å²) in [6.07, 6.45) is 1.87. The van der Waals surface area contributed by atoms with Gasteiger partial charge in [0.15, 0.2) is 0 Å². The predicted octanol–water partition coefficient (Wildman–Crippen LogP) is 2.27. The molecule has 0 aromatic heterocycles. The Labute approximate surface area is 141 Å². The van der Waals surface area contributed by atoms with Crippen molar-refractivity contribution in [2.45, 2.75) is 46.1 Å². The Balaban J connectivity index is 1.72. The third kappa shape index (κ3) is 2.77. The summed E-state index contributed by atoms with van der Waals surface area (Å²) in [7, 11) is 0. The molecule has 1 saturated carbocycles. The number of hydrogen-bond acceptors (Lipinski definition) is 3. The highest BCUT2D eigenvalue weighted by atomic mass is 16.2. The average molecular weight is 329 g/mol. The molecule has 0 unspecified atom stereocenters. The summed E-state index contributed by atoms with van der Waals surface area (Å²) in [5, 5.41) is 5.58. The summed E-state index contributed by atoms with van der Waals surface area (Å²) in [5.74, 6) is -0.486. The van der Waals surface area contributed by atoms with Crippen LogP contribution in [0.25, 0.3) is 0 Å². The molecule has 1 aliphatic carbocycles. The van der Waals surface area contributed by atoms with Crippen molar-refractivity contribution in [2.75, 3.05) is 11.9 Å². The molecule has 1 aliphatic heterocycles. The molecule has 1 heterocycles. The first-order valence-electron chi connectivity index (χ1n) is 8.24. The molecule has 0 radical (unpaired) electrons. The highest BCUT2D eigenvalue weighted by Crippen LogP contribution is 2.42. The highest BCUT2D eigenvalue weighted by molar-refractivity contribution is 6.10. The van der Waals surface area contributed by atoms with E-state index in [9.17, 15) is 14.4 Å². The Bertz CT molecular complexity index is 716. The van der Waals surface area contributed by atoms with E-state index in [1.807, 2.05) is 32.9 Å². The van der Waals surface area contributed by atoms with Crippen LogP contribution in [0.4, 0.5) is 10.5 Å². The molecule has 1 atom stereocenters. The molecule has 2 aliphatic rings. The van der Waals surface area contributed by atoms with Crippen molar-refractivity contribution in [3.63, 3.8) is 0 Å². The van der Waals surface area contributed by atoms with Crippen LogP contribution in [0.5, 0.6) is 0 Å². The summed E-state index contributed by atoms with van der Waals surface area (Å²) in [6, 6.07) is 3.49. The van der Waals surface area contributed by atoms with Crippen LogP contribution in [0.3, 0.4) is 0 Å². The van der Waals surface area contributed by atoms with Crippen molar-refractivity contribution in [1.29, 1.82) is 0 Å². The van der Waals surface area contributed by atoms with Gasteiger partial charge in [0.25, 0.3) is 5.91 Å². The minimum absolute atomic E-state index is 0.184. The van der Waals surface area contributed by atoms with Gasteiger partial charge < -0.3 is 10.6 Å². The second-order valence-electron chi connectivity index (χ2n) is 7.12. The van der Waals surface area contributed by atoms with E-state index in [2.05, 4.69) is 10.6 Å². The Hall–Kier alpha value is -2.37. The van der Waals surface area contributed by atoms with Gasteiger partial charge in [-0.25, -0.2) is 4.79 Å². The molecule has 3 rings (SSSR count). The number of carbonyl (C=O) groups excluding carboxylic acids is 3. The molecule has 1 aromatic carbocycles. The summed E-state index contributed by atoms with van der Waals surface area (Å²) in [4.78, 5) is 38.0. The second kappa shape index (κ2) is 5.61. The van der Waals surface area contributed by atoms with Gasteiger partial charge in [-0.15, -0.1) is 0 Å². The standard InChI is InChI=1S/C18H23N3O3/c1-10-7-11(2)15(12(3)8-10)19-14(22)9-21-16(23)18(4,13-5-6-13)20-17(21)24/h7-8,13H,5-6,9H2,1-4H3,(H,19,22)(H,20,24)/t18-/m0/s1. The van der Waals surface area contributed by atoms with Crippen LogP contribution in [0.1, 0.15) is 36.5 Å². The lowest BCUT2D eigenvalue weighted by Crippen LogP contribution is -2.46. The summed E-state index contributed by atoms with van der Waals surface area (Å²) in [6.45, 7) is 7.33. The number of amides is 4. The lowest BCUT2D eigenvalue weighted by atomic mass is 9.96. The van der Waals surface area contributed by atoms with Crippen LogP contribution < -0.4 is 10.6 Å². The Kier molecular flexibility index (Phi) is 3.86. The number of aryl methyl sites for hydroxylation is 3. The van der Waals surface area contributed by atoms with Crippen LogP contribution in [0.2, 0.25) is 0 Å². The average Bonchev–Trinajstić information content (AvgIpc) is 3.29. The minimum Gasteiger partial charge on any atom is -0.324 e. The van der Waals surface area contributed by atoms with Crippen LogP contribution in [-0.4, -0.2) is 34.8 Å². The Morgan fingerprint density at radius 1 is 1.25 bits per heavy atom. The molecular formula is C18H23N3O3. The number of urea groups is 1. The largest absolute Gasteiger partial charge is 0.325 e. The van der Waals surface area contributed by atoms with Gasteiger partial charge >= 0.3 is 6.03 Å². The third-order valence-corrected chi connectivity index (χ3v) is 4.94. The zero-order valence-electron chi connectivity index (χ0n) is 14.5. The van der Waals surface area contributed by atoms with Crippen LogP contribution >= 0.6 is 0 Å². The van der Waals surface area contributed by atoms with E-state index < -0.39 is 11.6 Å². The van der Waals surface area contributed by atoms with Crippen molar-refractivity contribution >= 4 is 23.5 Å². The van der Waals surface area contributed by atoms with E-state index in [-0.39, 0.29) is 24.3 Å². The van der Waals surface area contributed by atoms with Gasteiger partial charge in [-0.3, -0.25) is 14.5 Å². The van der Waals surface area contributed by atoms with Crippen LogP contribution in [-0.2, 0) is 9.59 Å². The predicted molar refractivity (Wildman–Crippen MR) is 90.7 cm³/mol. The van der Waals surface area contributed by atoms with E-state index in [1.54, 1.807) is 6.92 Å². The molecule has 1 aromatic rings. The van der Waals surface area contributed by atoms with Crippen molar-refractivity contribution < 1.29 is 14.4 Å². The van der Waals surface area contributed by atoms with E-state index >= 15 is 0 Å². The number of imide groups is 1. The Morgan fingerprint density at radius 3 is 2.38 bits per heavy atom. The fraction of sp³-hybridized carbons (Fsp3) is 0.500. The van der Waals surface area contributed by atoms with E-state index in [1.165, 1.54) is 0 Å². The summed E-state index contributed by atoms with van der Waals surface area (Å²) < 4.78 is 0. The molecule has 1 saturated heterocycles. The maximum Gasteiger partial charge on any atom is 0.325 e. The fourth-order valence-corrected chi connectivity index (χ4v) is 3.50. The Morgan fingerprint density at radius 2 is 1.83 bits per heavy atom. The minimum atomic E-state index is -0.854. The first kappa shape index (κ1) is 16.5. The number of anilines is 1. The first-order chi connectivity index (χ1) is 11.2. The fourth-order valence-electron chi connectivity index (χ4n) is 3.50. The molecule has 2 fully saturated rings. The quantitative estimate of drug-likeness (QED) is 0.832. The zero-order valence-corrected chi connectivity index (χ0v) is 14.5. The number of nitrogens with zero attached hydrogens (tertiary/aromatic N) is 1. The summed E-state index contributed by atoms with van der Waals surface area (Å²) in [5.41, 5.74) is 2.93. The van der Waals surface area contributed by atoms with Gasteiger partial charge in [-0.05, 0) is 57.6 Å². The van der Waals surface area contributed by atoms with E-state index in [0.29, 0.717) is 0 Å². The molecule has 128 valence electrons. The molecule has 0 bridgehead atoms. The van der Waals surface area contributed by atoms with Crippen molar-refractivity contribution in [2.24, 2.45) is 5.92 Å². The SMILES string of the molecule is Cc1cc(C)c(NC(=O)CN2C(=O)N[C@@](C)(C3CC3)C2=O)c(C)c1. The van der Waals surface area contributed by atoms with Gasteiger partial charge in [0, 0.05) is 5.69 Å². The third-order valence-electron chi connectivity index (χ3n) is 4.94. The van der Waals surface area contributed by atoms with Crippen LogP contribution in [0, 0.1) is 26.7 Å². The highest BCUT2D eigenvalue weighted by Gasteiger charge is 2.56. The van der Waals surface area contributed by atoms with Crippen molar-refractivity contribution in [3.05, 3.63) is 28.8 Å². The van der Waals surface area contributed by atoms with Crippen LogP contribution in [0.15, 0.2) is 12.1 Å². The van der Waals surface area contributed by atoms with Gasteiger partial charge in [0.1, 0.15) is 12.1 Å². The van der Waals surface area contributed by atoms with Gasteiger partial charge in [0.05, 0.1) is 0 Å². The normalized spacial score (nSPS) is 23.4. The summed E-state index contributed by atoms with van der Waals surface area (Å²) >= 11 is 0. The lowest BCUT2D eigenvalue weighted by molar-refractivity contribution is -0.134. The first-order valence-corrected chi connectivity index (χ1v) is 8.24. The number of benzene rings is 1.